The van der Waals surface area contributed by atoms with Gasteiger partial charge in [-0.05, 0) is 19.4 Å². The molecule has 2 aliphatic rings. The number of sulfonamides is 1. The number of nitrogens with zero attached hydrogens (tertiary/aromatic N) is 1. The standard InChI is InChI=1S/C16H22N2O5S/c1-11(2)18-14-10-24(20,21)17-13(15(14)23-16(18)19)9-22-8-12-6-4-3-5-7-12/h3-7,11,13-15,17H,8-10H2,1-2H3/t13-,14+,15-/m0/s1. The SMILES string of the molecule is CC(C)N1C(=O)O[C@H]2[C@H](COCc3ccccc3)NS(=O)(=O)C[C@H]21. The molecule has 0 radical (unpaired) electrons. The van der Waals surface area contributed by atoms with E-state index in [0.717, 1.165) is 5.56 Å². The first kappa shape index (κ1) is 17.2. The highest BCUT2D eigenvalue weighted by Gasteiger charge is 2.52. The number of amides is 1. The lowest BCUT2D eigenvalue weighted by Gasteiger charge is -2.35. The van der Waals surface area contributed by atoms with Gasteiger partial charge in [-0.2, -0.15) is 0 Å². The summed E-state index contributed by atoms with van der Waals surface area (Å²) in [6.07, 6.45) is -0.994. The van der Waals surface area contributed by atoms with Crippen LogP contribution in [0.2, 0.25) is 0 Å². The summed E-state index contributed by atoms with van der Waals surface area (Å²) in [5.41, 5.74) is 1.000. The summed E-state index contributed by atoms with van der Waals surface area (Å²) in [6, 6.07) is 8.44. The first-order valence-corrected chi connectivity index (χ1v) is 9.63. The first-order chi connectivity index (χ1) is 11.4. The molecule has 1 N–H and O–H groups in total. The number of hydrogen-bond donors (Lipinski definition) is 1. The van der Waals surface area contributed by atoms with Crippen molar-refractivity contribution in [3.63, 3.8) is 0 Å². The van der Waals surface area contributed by atoms with Crippen LogP contribution in [-0.4, -0.2) is 56.0 Å². The number of hydrogen-bond acceptors (Lipinski definition) is 5. The van der Waals surface area contributed by atoms with Gasteiger partial charge < -0.3 is 9.47 Å². The van der Waals surface area contributed by atoms with Crippen molar-refractivity contribution in [1.82, 2.24) is 9.62 Å². The van der Waals surface area contributed by atoms with E-state index in [1.165, 1.54) is 4.90 Å². The van der Waals surface area contributed by atoms with Crippen LogP contribution in [0.5, 0.6) is 0 Å². The number of ether oxygens (including phenoxy) is 2. The molecule has 0 bridgehead atoms. The third-order valence-corrected chi connectivity index (χ3v) is 5.71. The maximum atomic E-state index is 12.2. The Morgan fingerprint density at radius 2 is 2.04 bits per heavy atom. The van der Waals surface area contributed by atoms with Gasteiger partial charge in [0, 0.05) is 6.04 Å². The molecule has 0 unspecified atom stereocenters. The van der Waals surface area contributed by atoms with Crippen LogP contribution in [0.15, 0.2) is 30.3 Å². The monoisotopic (exact) mass is 354 g/mol. The molecule has 2 fully saturated rings. The average Bonchev–Trinajstić information content (AvgIpc) is 2.83. The van der Waals surface area contributed by atoms with Crippen LogP contribution in [0.3, 0.4) is 0 Å². The summed E-state index contributed by atoms with van der Waals surface area (Å²) < 4.78 is 38.0. The molecule has 1 aromatic carbocycles. The van der Waals surface area contributed by atoms with Crippen molar-refractivity contribution in [3.8, 4) is 0 Å². The molecule has 24 heavy (non-hydrogen) atoms. The van der Waals surface area contributed by atoms with E-state index >= 15 is 0 Å². The van der Waals surface area contributed by atoms with Crippen LogP contribution in [-0.2, 0) is 26.1 Å². The predicted octanol–water partition coefficient (Wildman–Crippen LogP) is 1.10. The van der Waals surface area contributed by atoms with E-state index in [0.29, 0.717) is 6.61 Å². The highest BCUT2D eigenvalue weighted by Crippen LogP contribution is 2.29. The summed E-state index contributed by atoms with van der Waals surface area (Å²) in [4.78, 5) is 13.6. The smallest absolute Gasteiger partial charge is 0.410 e. The lowest BCUT2D eigenvalue weighted by atomic mass is 10.0. The van der Waals surface area contributed by atoms with E-state index in [-0.39, 0.29) is 18.4 Å². The summed E-state index contributed by atoms with van der Waals surface area (Å²) in [7, 11) is -3.47. The second-order valence-corrected chi connectivity index (χ2v) is 8.22. The largest absolute Gasteiger partial charge is 0.442 e. The zero-order valence-corrected chi connectivity index (χ0v) is 14.5. The van der Waals surface area contributed by atoms with Crippen molar-refractivity contribution in [2.45, 2.75) is 44.7 Å². The normalized spacial score (nSPS) is 28.7. The van der Waals surface area contributed by atoms with Gasteiger partial charge in [-0.3, -0.25) is 4.90 Å². The number of rotatable bonds is 5. The van der Waals surface area contributed by atoms with Crippen molar-refractivity contribution in [2.24, 2.45) is 0 Å². The Bertz CT molecular complexity index is 692. The number of nitrogens with one attached hydrogen (secondary N) is 1. The zero-order valence-electron chi connectivity index (χ0n) is 13.7. The van der Waals surface area contributed by atoms with Gasteiger partial charge in [-0.25, -0.2) is 17.9 Å². The van der Waals surface area contributed by atoms with Crippen LogP contribution in [0, 0.1) is 0 Å². The van der Waals surface area contributed by atoms with Gasteiger partial charge in [-0.1, -0.05) is 30.3 Å². The van der Waals surface area contributed by atoms with Crippen LogP contribution in [0.1, 0.15) is 19.4 Å². The van der Waals surface area contributed by atoms with E-state index in [1.54, 1.807) is 0 Å². The Morgan fingerprint density at radius 1 is 1.33 bits per heavy atom. The molecule has 3 atom stereocenters. The Kier molecular flexibility index (Phi) is 4.80. The Balaban J connectivity index is 1.69. The Morgan fingerprint density at radius 3 is 2.71 bits per heavy atom. The van der Waals surface area contributed by atoms with Gasteiger partial charge >= 0.3 is 6.09 Å². The topological polar surface area (TPSA) is 84.9 Å². The summed E-state index contributed by atoms with van der Waals surface area (Å²) in [5, 5.41) is 0. The molecular formula is C16H22N2O5S. The van der Waals surface area contributed by atoms with Crippen LogP contribution >= 0.6 is 0 Å². The molecule has 132 valence electrons. The van der Waals surface area contributed by atoms with Crippen molar-refractivity contribution in [1.29, 1.82) is 0 Å². The maximum absolute atomic E-state index is 12.2. The molecule has 2 aliphatic heterocycles. The van der Waals surface area contributed by atoms with Gasteiger partial charge in [0.25, 0.3) is 0 Å². The minimum atomic E-state index is -3.47. The number of benzene rings is 1. The number of fused-ring (bicyclic) bond motifs is 1. The van der Waals surface area contributed by atoms with Gasteiger partial charge in [0.1, 0.15) is 6.10 Å². The highest BCUT2D eigenvalue weighted by molar-refractivity contribution is 7.89. The molecule has 2 heterocycles. The van der Waals surface area contributed by atoms with Crippen molar-refractivity contribution in [2.75, 3.05) is 12.4 Å². The predicted molar refractivity (Wildman–Crippen MR) is 87.8 cm³/mol. The minimum absolute atomic E-state index is 0.119. The molecule has 0 spiro atoms. The molecule has 1 aromatic rings. The fourth-order valence-corrected chi connectivity index (χ4v) is 4.81. The van der Waals surface area contributed by atoms with Crippen LogP contribution in [0.4, 0.5) is 4.79 Å². The van der Waals surface area contributed by atoms with Crippen molar-refractivity contribution >= 4 is 16.1 Å². The average molecular weight is 354 g/mol. The second kappa shape index (κ2) is 6.70. The molecule has 3 rings (SSSR count). The van der Waals surface area contributed by atoms with Gasteiger partial charge in [-0.15, -0.1) is 0 Å². The summed E-state index contributed by atoms with van der Waals surface area (Å²) in [6.45, 7) is 4.21. The van der Waals surface area contributed by atoms with E-state index in [4.69, 9.17) is 9.47 Å². The molecule has 0 aromatic heterocycles. The van der Waals surface area contributed by atoms with E-state index in [1.807, 2.05) is 44.2 Å². The summed E-state index contributed by atoms with van der Waals surface area (Å²) in [5.74, 6) is -0.142. The lowest BCUT2D eigenvalue weighted by molar-refractivity contribution is 0.0445. The molecule has 7 nitrogen and oxygen atoms in total. The zero-order chi connectivity index (χ0) is 17.3. The quantitative estimate of drug-likeness (QED) is 0.856. The van der Waals surface area contributed by atoms with E-state index < -0.39 is 34.3 Å². The second-order valence-electron chi connectivity index (χ2n) is 6.42. The first-order valence-electron chi connectivity index (χ1n) is 7.98. The fourth-order valence-electron chi connectivity index (χ4n) is 3.25. The Labute approximate surface area is 142 Å². The van der Waals surface area contributed by atoms with Gasteiger partial charge in [0.2, 0.25) is 10.0 Å². The molecule has 2 saturated heterocycles. The Hall–Kier alpha value is -1.64. The van der Waals surface area contributed by atoms with Gasteiger partial charge in [0.15, 0.2) is 0 Å². The van der Waals surface area contributed by atoms with E-state index in [2.05, 4.69) is 4.72 Å². The van der Waals surface area contributed by atoms with Crippen LogP contribution in [0.25, 0.3) is 0 Å². The third-order valence-electron chi connectivity index (χ3n) is 4.27. The molecule has 1 amide bonds. The molecule has 8 heteroatoms. The van der Waals surface area contributed by atoms with Crippen molar-refractivity contribution in [3.05, 3.63) is 35.9 Å². The molecule has 0 aliphatic carbocycles. The summed E-state index contributed by atoms with van der Waals surface area (Å²) >= 11 is 0. The van der Waals surface area contributed by atoms with Crippen molar-refractivity contribution < 1.29 is 22.7 Å². The lowest BCUT2D eigenvalue weighted by Crippen LogP contribution is -2.61. The molecule has 0 saturated carbocycles. The highest BCUT2D eigenvalue weighted by atomic mass is 32.2. The molecular weight excluding hydrogens is 332 g/mol. The number of carbonyl (C=O) groups excluding carboxylic acids is 1. The number of carbonyl (C=O) groups is 1. The minimum Gasteiger partial charge on any atom is -0.442 e. The van der Waals surface area contributed by atoms with Gasteiger partial charge in [0.05, 0.1) is 31.1 Å². The maximum Gasteiger partial charge on any atom is 0.410 e. The van der Waals surface area contributed by atoms with E-state index in [9.17, 15) is 13.2 Å². The van der Waals surface area contributed by atoms with Crippen LogP contribution < -0.4 is 4.72 Å². The third kappa shape index (κ3) is 3.55. The fraction of sp³-hybridized carbons (Fsp3) is 0.562.